The number of benzene rings is 1. The van der Waals surface area contributed by atoms with E-state index in [0.717, 1.165) is 57.4 Å². The predicted molar refractivity (Wildman–Crippen MR) is 123 cm³/mol. The van der Waals surface area contributed by atoms with Gasteiger partial charge >= 0.3 is 0 Å². The van der Waals surface area contributed by atoms with Crippen LogP contribution in [-0.2, 0) is 17.7 Å². The highest BCUT2D eigenvalue weighted by molar-refractivity contribution is 14.0. The van der Waals surface area contributed by atoms with Gasteiger partial charge in [-0.05, 0) is 17.7 Å². The molecule has 0 amide bonds. The smallest absolute Gasteiger partial charge is 0.194 e. The largest absolute Gasteiger partial charge is 0.469 e. The number of piperazine rings is 1. The van der Waals surface area contributed by atoms with Crippen molar-refractivity contribution >= 4 is 29.9 Å². The number of methoxy groups -OCH3 is 1. The fourth-order valence-corrected chi connectivity index (χ4v) is 3.22. The van der Waals surface area contributed by atoms with E-state index >= 15 is 0 Å². The Balaban J connectivity index is 0.00000280. The van der Waals surface area contributed by atoms with Gasteiger partial charge in [0.25, 0.3) is 0 Å². The quantitative estimate of drug-likeness (QED) is 0.263. The molecule has 1 aliphatic rings. The number of furan rings is 1. The van der Waals surface area contributed by atoms with E-state index in [-0.39, 0.29) is 24.0 Å². The molecule has 1 N–H and O–H groups in total. The van der Waals surface area contributed by atoms with Crippen molar-refractivity contribution in [2.24, 2.45) is 4.99 Å². The zero-order valence-corrected chi connectivity index (χ0v) is 18.9. The van der Waals surface area contributed by atoms with Crippen LogP contribution in [-0.4, -0.2) is 68.7 Å². The van der Waals surface area contributed by atoms with E-state index in [2.05, 4.69) is 45.4 Å². The highest BCUT2D eigenvalue weighted by atomic mass is 127. The monoisotopic (exact) mass is 498 g/mol. The van der Waals surface area contributed by atoms with E-state index in [0.29, 0.717) is 13.2 Å². The molecule has 0 unspecified atom stereocenters. The van der Waals surface area contributed by atoms with Crippen molar-refractivity contribution in [3.63, 3.8) is 0 Å². The minimum Gasteiger partial charge on any atom is -0.469 e. The molecule has 0 saturated carbocycles. The first kappa shape index (κ1) is 22.7. The number of hydrogen-bond acceptors (Lipinski definition) is 4. The summed E-state index contributed by atoms with van der Waals surface area (Å²) in [7, 11) is 1.71. The van der Waals surface area contributed by atoms with Gasteiger partial charge in [0.1, 0.15) is 5.76 Å². The molecule has 2 aromatic rings. The molecule has 28 heavy (non-hydrogen) atoms. The number of nitrogens with one attached hydrogen (secondary N) is 1. The molecule has 1 saturated heterocycles. The summed E-state index contributed by atoms with van der Waals surface area (Å²) < 4.78 is 10.6. The normalized spacial score (nSPS) is 15.3. The van der Waals surface area contributed by atoms with Gasteiger partial charge in [-0.1, -0.05) is 30.3 Å². The van der Waals surface area contributed by atoms with E-state index in [9.17, 15) is 0 Å². The Bertz CT molecular complexity index is 671. The van der Waals surface area contributed by atoms with Crippen LogP contribution in [0.4, 0.5) is 0 Å². The van der Waals surface area contributed by atoms with Crippen LogP contribution in [0, 0.1) is 0 Å². The number of ether oxygens (including phenoxy) is 1. The second-order valence-corrected chi connectivity index (χ2v) is 6.70. The third-order valence-corrected chi connectivity index (χ3v) is 4.71. The Morgan fingerprint density at radius 3 is 2.57 bits per heavy atom. The van der Waals surface area contributed by atoms with Gasteiger partial charge in [0.2, 0.25) is 0 Å². The molecule has 0 radical (unpaired) electrons. The first-order valence-corrected chi connectivity index (χ1v) is 9.66. The zero-order chi connectivity index (χ0) is 18.7. The Labute approximate surface area is 185 Å². The summed E-state index contributed by atoms with van der Waals surface area (Å²) in [6.45, 7) is 7.16. The molecular weight excluding hydrogens is 467 g/mol. The van der Waals surface area contributed by atoms with Gasteiger partial charge in [-0.3, -0.25) is 9.89 Å². The first-order valence-electron chi connectivity index (χ1n) is 9.66. The van der Waals surface area contributed by atoms with Gasteiger partial charge in [0.15, 0.2) is 5.96 Å². The number of rotatable bonds is 8. The van der Waals surface area contributed by atoms with Crippen LogP contribution in [0.15, 0.2) is 58.1 Å². The van der Waals surface area contributed by atoms with Crippen LogP contribution < -0.4 is 5.32 Å². The van der Waals surface area contributed by atoms with E-state index in [1.807, 2.05) is 12.1 Å². The third-order valence-electron chi connectivity index (χ3n) is 4.71. The number of nitrogens with zero attached hydrogens (tertiary/aromatic N) is 3. The summed E-state index contributed by atoms with van der Waals surface area (Å²) >= 11 is 0. The molecule has 1 aliphatic heterocycles. The van der Waals surface area contributed by atoms with Crippen molar-refractivity contribution in [1.82, 2.24) is 15.1 Å². The van der Waals surface area contributed by atoms with Gasteiger partial charge < -0.3 is 19.4 Å². The maximum Gasteiger partial charge on any atom is 0.194 e. The molecule has 1 aromatic heterocycles. The maximum atomic E-state index is 5.41. The van der Waals surface area contributed by atoms with Gasteiger partial charge in [-0.15, -0.1) is 24.0 Å². The molecule has 6 nitrogen and oxygen atoms in total. The van der Waals surface area contributed by atoms with E-state index in [4.69, 9.17) is 14.1 Å². The average molecular weight is 498 g/mol. The summed E-state index contributed by atoms with van der Waals surface area (Å²) in [5.41, 5.74) is 1.37. The van der Waals surface area contributed by atoms with Gasteiger partial charge in [-0.25, -0.2) is 0 Å². The fraction of sp³-hybridized carbons (Fsp3) is 0.476. The van der Waals surface area contributed by atoms with Crippen LogP contribution in [0.1, 0.15) is 11.3 Å². The molecule has 0 bridgehead atoms. The van der Waals surface area contributed by atoms with Crippen molar-refractivity contribution in [2.75, 3.05) is 53.0 Å². The second kappa shape index (κ2) is 12.8. The number of halogens is 1. The summed E-state index contributed by atoms with van der Waals surface area (Å²) in [6, 6.07) is 14.6. The van der Waals surface area contributed by atoms with Crippen LogP contribution in [0.3, 0.4) is 0 Å². The lowest BCUT2D eigenvalue weighted by molar-refractivity contribution is 0.171. The van der Waals surface area contributed by atoms with Gasteiger partial charge in [0, 0.05) is 52.8 Å². The fourth-order valence-electron chi connectivity index (χ4n) is 3.22. The van der Waals surface area contributed by atoms with Crippen molar-refractivity contribution < 1.29 is 9.15 Å². The minimum atomic E-state index is 0. The predicted octanol–water partition coefficient (Wildman–Crippen LogP) is 2.85. The SMILES string of the molecule is COCCN=C(NCCc1ccco1)N1CCN(Cc2ccccc2)CC1.I. The Hall–Kier alpha value is -1.58. The van der Waals surface area contributed by atoms with Gasteiger partial charge in [-0.2, -0.15) is 0 Å². The Morgan fingerprint density at radius 1 is 1.11 bits per heavy atom. The second-order valence-electron chi connectivity index (χ2n) is 6.70. The average Bonchev–Trinajstić information content (AvgIpc) is 3.22. The lowest BCUT2D eigenvalue weighted by atomic mass is 10.2. The van der Waals surface area contributed by atoms with Crippen LogP contribution in [0.2, 0.25) is 0 Å². The maximum absolute atomic E-state index is 5.41. The Kier molecular flexibility index (Phi) is 10.4. The topological polar surface area (TPSA) is 53.2 Å². The highest BCUT2D eigenvalue weighted by Gasteiger charge is 2.19. The summed E-state index contributed by atoms with van der Waals surface area (Å²) in [4.78, 5) is 9.57. The molecule has 7 heteroatoms. The summed E-state index contributed by atoms with van der Waals surface area (Å²) in [5.74, 6) is 1.96. The molecule has 1 fully saturated rings. The Morgan fingerprint density at radius 2 is 1.89 bits per heavy atom. The first-order chi connectivity index (χ1) is 13.3. The zero-order valence-electron chi connectivity index (χ0n) is 16.5. The third kappa shape index (κ3) is 7.44. The summed E-state index contributed by atoms with van der Waals surface area (Å²) in [6.07, 6.45) is 2.57. The van der Waals surface area contributed by atoms with Crippen LogP contribution in [0.25, 0.3) is 0 Å². The molecule has 0 spiro atoms. The molecule has 154 valence electrons. The number of guanidine groups is 1. The van der Waals surface area contributed by atoms with Crippen molar-refractivity contribution in [3.8, 4) is 0 Å². The molecule has 2 heterocycles. The standard InChI is InChI=1S/C21H30N4O2.HI/c1-26-17-11-23-21(22-10-9-20-8-5-16-27-20)25-14-12-24(13-15-25)18-19-6-3-2-4-7-19;/h2-8,16H,9-15,17-18H2,1H3,(H,22,23);1H. The number of aliphatic imine (C=N–C) groups is 1. The van der Waals surface area contributed by atoms with E-state index < -0.39 is 0 Å². The van der Waals surface area contributed by atoms with Crippen LogP contribution in [0.5, 0.6) is 0 Å². The molecule has 1 aromatic carbocycles. The summed E-state index contributed by atoms with van der Waals surface area (Å²) in [5, 5.41) is 3.49. The molecule has 0 atom stereocenters. The highest BCUT2D eigenvalue weighted by Crippen LogP contribution is 2.09. The van der Waals surface area contributed by atoms with E-state index in [1.165, 1.54) is 5.56 Å². The van der Waals surface area contributed by atoms with Gasteiger partial charge in [0.05, 0.1) is 19.4 Å². The van der Waals surface area contributed by atoms with Crippen molar-refractivity contribution in [2.45, 2.75) is 13.0 Å². The van der Waals surface area contributed by atoms with Crippen molar-refractivity contribution in [3.05, 3.63) is 60.1 Å². The lowest BCUT2D eigenvalue weighted by Gasteiger charge is -2.36. The van der Waals surface area contributed by atoms with Crippen molar-refractivity contribution in [1.29, 1.82) is 0 Å². The lowest BCUT2D eigenvalue weighted by Crippen LogP contribution is -2.52. The molecule has 3 rings (SSSR count). The molecular formula is C21H31IN4O2. The molecule has 0 aliphatic carbocycles. The van der Waals surface area contributed by atoms with E-state index in [1.54, 1.807) is 13.4 Å². The van der Waals surface area contributed by atoms with Crippen LogP contribution >= 0.6 is 24.0 Å². The number of hydrogen-bond donors (Lipinski definition) is 1. The minimum absolute atomic E-state index is 0.